The van der Waals surface area contributed by atoms with Crippen molar-refractivity contribution in [3.63, 3.8) is 0 Å². The number of pyridine rings is 1. The molecule has 2 rings (SSSR count). The third-order valence-electron chi connectivity index (χ3n) is 4.07. The minimum atomic E-state index is -5.02. The van der Waals surface area contributed by atoms with E-state index in [1.807, 2.05) is 0 Å². The molecular weight excluding hydrogens is 436 g/mol. The molecule has 172 valence electrons. The van der Waals surface area contributed by atoms with E-state index in [1.165, 1.54) is 31.6 Å². The Labute approximate surface area is 172 Å². The van der Waals surface area contributed by atoms with Crippen LogP contribution in [0.3, 0.4) is 0 Å². The number of imidazole rings is 1. The van der Waals surface area contributed by atoms with Crippen molar-refractivity contribution < 1.29 is 41.0 Å². The highest BCUT2D eigenvalue weighted by Crippen LogP contribution is 2.40. The number of amides is 2. The molecule has 2 aromatic rings. The standard InChI is InChI=1S/C17H19F6N5O3/c1-28-7-6-24-13(28)15(30,17(21,22)23)4-5-25-14(29)27-9-11-2-3-12(26-8-11)31-10-16(18,19)20/h2-3,6-8,30H,4-5,9-10H2,1H3,(H2,25,27,29). The van der Waals surface area contributed by atoms with Gasteiger partial charge >= 0.3 is 18.4 Å². The number of halogens is 6. The van der Waals surface area contributed by atoms with Gasteiger partial charge in [0.05, 0.1) is 0 Å². The lowest BCUT2D eigenvalue weighted by atomic mass is 9.97. The van der Waals surface area contributed by atoms with E-state index in [0.29, 0.717) is 5.56 Å². The summed E-state index contributed by atoms with van der Waals surface area (Å²) < 4.78 is 81.9. The van der Waals surface area contributed by atoms with Crippen molar-refractivity contribution >= 4 is 6.03 Å². The van der Waals surface area contributed by atoms with E-state index in [-0.39, 0.29) is 12.4 Å². The van der Waals surface area contributed by atoms with Crippen LogP contribution in [0, 0.1) is 0 Å². The number of urea groups is 1. The van der Waals surface area contributed by atoms with Crippen molar-refractivity contribution in [3.05, 3.63) is 42.1 Å². The molecule has 2 heterocycles. The van der Waals surface area contributed by atoms with Crippen molar-refractivity contribution in [1.29, 1.82) is 0 Å². The molecule has 1 atom stereocenters. The van der Waals surface area contributed by atoms with Gasteiger partial charge in [-0.1, -0.05) is 6.07 Å². The quantitative estimate of drug-likeness (QED) is 0.531. The highest BCUT2D eigenvalue weighted by molar-refractivity contribution is 5.73. The van der Waals surface area contributed by atoms with Crippen molar-refractivity contribution in [1.82, 2.24) is 25.2 Å². The van der Waals surface area contributed by atoms with Gasteiger partial charge < -0.3 is 25.0 Å². The third kappa shape index (κ3) is 6.73. The maximum Gasteiger partial charge on any atom is 0.424 e. The lowest BCUT2D eigenvalue weighted by Gasteiger charge is -2.29. The van der Waals surface area contributed by atoms with E-state index in [4.69, 9.17) is 0 Å². The van der Waals surface area contributed by atoms with Gasteiger partial charge in [0.15, 0.2) is 6.61 Å². The maximum atomic E-state index is 13.4. The monoisotopic (exact) mass is 455 g/mol. The van der Waals surface area contributed by atoms with Gasteiger partial charge in [0.1, 0.15) is 5.82 Å². The Morgan fingerprint density at radius 3 is 2.39 bits per heavy atom. The summed E-state index contributed by atoms with van der Waals surface area (Å²) in [6.07, 6.45) is -6.86. The number of hydrogen-bond acceptors (Lipinski definition) is 5. The first-order chi connectivity index (χ1) is 14.3. The number of rotatable bonds is 8. The minimum Gasteiger partial charge on any atom is -0.468 e. The zero-order chi connectivity index (χ0) is 23.3. The third-order valence-corrected chi connectivity index (χ3v) is 4.07. The summed E-state index contributed by atoms with van der Waals surface area (Å²) in [7, 11) is 1.30. The molecule has 2 aromatic heterocycles. The fraction of sp³-hybridized carbons (Fsp3) is 0.471. The van der Waals surface area contributed by atoms with Crippen LogP contribution in [0.5, 0.6) is 5.88 Å². The topological polar surface area (TPSA) is 101 Å². The molecule has 0 radical (unpaired) electrons. The molecular formula is C17H19F6N5O3. The van der Waals surface area contributed by atoms with Gasteiger partial charge in [-0.25, -0.2) is 14.8 Å². The highest BCUT2D eigenvalue weighted by Gasteiger charge is 2.57. The molecule has 0 fully saturated rings. The first kappa shape index (κ1) is 24.2. The summed E-state index contributed by atoms with van der Waals surface area (Å²) in [6, 6.07) is 1.72. The van der Waals surface area contributed by atoms with E-state index >= 15 is 0 Å². The highest BCUT2D eigenvalue weighted by atomic mass is 19.4. The molecule has 0 aliphatic heterocycles. The number of nitrogens with zero attached hydrogens (tertiary/aromatic N) is 3. The van der Waals surface area contributed by atoms with Crippen molar-refractivity contribution in [2.24, 2.45) is 7.05 Å². The molecule has 0 spiro atoms. The zero-order valence-electron chi connectivity index (χ0n) is 16.1. The van der Waals surface area contributed by atoms with E-state index < -0.39 is 49.4 Å². The molecule has 31 heavy (non-hydrogen) atoms. The summed E-state index contributed by atoms with van der Waals surface area (Å²) >= 11 is 0. The number of aliphatic hydroxyl groups is 1. The van der Waals surface area contributed by atoms with Gasteiger partial charge in [0.2, 0.25) is 11.5 Å². The normalized spacial score (nSPS) is 14.1. The molecule has 3 N–H and O–H groups in total. The van der Waals surface area contributed by atoms with Gasteiger partial charge in [-0.15, -0.1) is 0 Å². The van der Waals surface area contributed by atoms with E-state index in [1.54, 1.807) is 0 Å². The molecule has 0 aromatic carbocycles. The molecule has 0 bridgehead atoms. The van der Waals surface area contributed by atoms with Crippen LogP contribution in [0.2, 0.25) is 0 Å². The molecule has 1 unspecified atom stereocenters. The van der Waals surface area contributed by atoms with Crippen LogP contribution in [0.15, 0.2) is 30.7 Å². The fourth-order valence-corrected chi connectivity index (χ4v) is 2.50. The lowest BCUT2D eigenvalue weighted by molar-refractivity contribution is -0.272. The molecule has 0 saturated carbocycles. The number of ether oxygens (including phenoxy) is 1. The minimum absolute atomic E-state index is 0.0959. The van der Waals surface area contributed by atoms with Crippen LogP contribution >= 0.6 is 0 Å². The molecule has 2 amide bonds. The Morgan fingerprint density at radius 1 is 1.16 bits per heavy atom. The van der Waals surface area contributed by atoms with E-state index in [0.717, 1.165) is 10.8 Å². The Bertz CT molecular complexity index is 868. The van der Waals surface area contributed by atoms with Crippen LogP contribution in [-0.4, -0.2) is 51.2 Å². The average Bonchev–Trinajstić information content (AvgIpc) is 3.10. The van der Waals surface area contributed by atoms with Crippen LogP contribution in [-0.2, 0) is 19.2 Å². The summed E-state index contributed by atoms with van der Waals surface area (Å²) in [6.45, 7) is -2.11. The smallest absolute Gasteiger partial charge is 0.424 e. The lowest BCUT2D eigenvalue weighted by Crippen LogP contribution is -2.47. The van der Waals surface area contributed by atoms with Crippen molar-refractivity contribution in [2.45, 2.75) is 30.9 Å². The summed E-state index contributed by atoms with van der Waals surface area (Å²) in [4.78, 5) is 19.0. The molecule has 0 saturated heterocycles. The Balaban J connectivity index is 1.83. The van der Waals surface area contributed by atoms with Gasteiger partial charge in [0.25, 0.3) is 0 Å². The first-order valence-electron chi connectivity index (χ1n) is 8.75. The predicted molar refractivity (Wildman–Crippen MR) is 93.8 cm³/mol. The molecule has 8 nitrogen and oxygen atoms in total. The summed E-state index contributed by atoms with van der Waals surface area (Å²) in [5.41, 5.74) is -2.84. The van der Waals surface area contributed by atoms with Crippen LogP contribution in [0.25, 0.3) is 0 Å². The second-order valence-electron chi connectivity index (χ2n) is 6.49. The number of alkyl halides is 6. The van der Waals surface area contributed by atoms with E-state index in [9.17, 15) is 36.2 Å². The Kier molecular flexibility index (Phi) is 7.36. The number of carbonyl (C=O) groups excluding carboxylic acids is 1. The Hall–Kier alpha value is -3.03. The summed E-state index contributed by atoms with van der Waals surface area (Å²) in [5.74, 6) is -0.868. The van der Waals surface area contributed by atoms with Crippen LogP contribution < -0.4 is 15.4 Å². The SMILES string of the molecule is Cn1ccnc1C(O)(CCNC(=O)NCc1ccc(OCC(F)(F)F)nc1)C(F)(F)F. The van der Waals surface area contributed by atoms with Crippen molar-refractivity contribution in [3.8, 4) is 5.88 Å². The number of hydrogen-bond donors (Lipinski definition) is 3. The van der Waals surface area contributed by atoms with Gasteiger partial charge in [0, 0.05) is 51.2 Å². The van der Waals surface area contributed by atoms with Gasteiger partial charge in [-0.05, 0) is 5.56 Å². The molecule has 14 heteroatoms. The average molecular weight is 455 g/mol. The summed E-state index contributed by atoms with van der Waals surface area (Å²) in [5, 5.41) is 14.7. The first-order valence-corrected chi connectivity index (χ1v) is 8.75. The van der Waals surface area contributed by atoms with Crippen molar-refractivity contribution in [2.75, 3.05) is 13.2 Å². The Morgan fingerprint density at radius 2 is 1.87 bits per heavy atom. The number of aromatic nitrogens is 3. The second-order valence-corrected chi connectivity index (χ2v) is 6.49. The number of nitrogens with one attached hydrogen (secondary N) is 2. The number of aryl methyl sites for hydroxylation is 1. The van der Waals surface area contributed by atoms with E-state index in [2.05, 4.69) is 25.3 Å². The molecule has 0 aliphatic rings. The van der Waals surface area contributed by atoms with Gasteiger partial charge in [-0.2, -0.15) is 26.3 Å². The zero-order valence-corrected chi connectivity index (χ0v) is 16.1. The number of carbonyl (C=O) groups is 1. The largest absolute Gasteiger partial charge is 0.468 e. The van der Waals surface area contributed by atoms with Crippen LogP contribution in [0.1, 0.15) is 17.8 Å². The fourth-order valence-electron chi connectivity index (χ4n) is 2.50. The van der Waals surface area contributed by atoms with Gasteiger partial charge in [-0.3, -0.25) is 0 Å². The predicted octanol–water partition coefficient (Wildman–Crippen LogP) is 2.40. The van der Waals surface area contributed by atoms with Crippen LogP contribution in [0.4, 0.5) is 31.1 Å². The second kappa shape index (κ2) is 9.41. The molecule has 0 aliphatic carbocycles. The maximum absolute atomic E-state index is 13.4.